The number of hydrogen-bond acceptors (Lipinski definition) is 4. The maximum absolute atomic E-state index is 13.4. The summed E-state index contributed by atoms with van der Waals surface area (Å²) in [6.07, 6.45) is 0. The fourth-order valence-electron chi connectivity index (χ4n) is 4.01. The maximum Gasteiger partial charge on any atom is 0.313 e. The first-order valence-corrected chi connectivity index (χ1v) is 9.38. The molecule has 0 unspecified atom stereocenters. The van der Waals surface area contributed by atoms with Crippen molar-refractivity contribution >= 4 is 17.6 Å². The molecule has 0 aromatic heterocycles. The number of benzene rings is 3. The molecule has 0 spiro atoms. The van der Waals surface area contributed by atoms with Crippen LogP contribution in [0.4, 0.5) is 5.69 Å². The molecule has 150 valence electrons. The average molecular weight is 402 g/mol. The quantitative estimate of drug-likeness (QED) is 0.510. The number of amides is 1. The Morgan fingerprint density at radius 2 is 1.70 bits per heavy atom. The van der Waals surface area contributed by atoms with Gasteiger partial charge in [0, 0.05) is 24.2 Å². The molecule has 3 aromatic carbocycles. The van der Waals surface area contributed by atoms with E-state index in [0.717, 1.165) is 5.56 Å². The van der Waals surface area contributed by atoms with E-state index in [1.54, 1.807) is 30.3 Å². The first-order chi connectivity index (χ1) is 14.5. The molecular weight excluding hydrogens is 384 g/mol. The number of carboxylic acids is 1. The largest absolute Gasteiger partial charge is 0.481 e. The third-order valence-corrected chi connectivity index (χ3v) is 5.32. The second-order valence-corrected chi connectivity index (χ2v) is 7.12. The van der Waals surface area contributed by atoms with Gasteiger partial charge in [0.05, 0.1) is 11.0 Å². The van der Waals surface area contributed by atoms with Gasteiger partial charge in [-0.2, -0.15) is 0 Å². The van der Waals surface area contributed by atoms with Crippen molar-refractivity contribution in [2.75, 3.05) is 0 Å². The summed E-state index contributed by atoms with van der Waals surface area (Å²) in [7, 11) is 0. The minimum absolute atomic E-state index is 0.150. The molecule has 4 rings (SSSR count). The van der Waals surface area contributed by atoms with Gasteiger partial charge in [-0.05, 0) is 22.8 Å². The molecular formula is C23H18N2O5. The number of carbonyl (C=O) groups excluding carboxylic acids is 1. The zero-order chi connectivity index (χ0) is 21.3. The van der Waals surface area contributed by atoms with Crippen LogP contribution in [-0.2, 0) is 11.3 Å². The second kappa shape index (κ2) is 7.79. The highest BCUT2D eigenvalue weighted by molar-refractivity contribution is 6.00. The van der Waals surface area contributed by atoms with Crippen LogP contribution in [-0.4, -0.2) is 26.8 Å². The lowest BCUT2D eigenvalue weighted by molar-refractivity contribution is -0.385. The van der Waals surface area contributed by atoms with Gasteiger partial charge in [0.1, 0.15) is 5.92 Å². The minimum Gasteiger partial charge on any atom is -0.481 e. The third-order valence-electron chi connectivity index (χ3n) is 5.32. The van der Waals surface area contributed by atoms with Crippen LogP contribution < -0.4 is 0 Å². The Kier molecular flexibility index (Phi) is 5.02. The Balaban J connectivity index is 1.91. The molecule has 30 heavy (non-hydrogen) atoms. The molecule has 0 saturated carbocycles. The van der Waals surface area contributed by atoms with Crippen molar-refractivity contribution in [2.45, 2.75) is 18.5 Å². The molecule has 1 N–H and O–H groups in total. The molecule has 1 aliphatic heterocycles. The molecule has 1 amide bonds. The van der Waals surface area contributed by atoms with E-state index in [2.05, 4.69) is 0 Å². The zero-order valence-corrected chi connectivity index (χ0v) is 15.8. The van der Waals surface area contributed by atoms with Crippen molar-refractivity contribution in [3.05, 3.63) is 111 Å². The second-order valence-electron chi connectivity index (χ2n) is 7.12. The highest BCUT2D eigenvalue weighted by Gasteiger charge is 2.44. The molecule has 2 atom stereocenters. The summed E-state index contributed by atoms with van der Waals surface area (Å²) in [5.74, 6) is -2.45. The van der Waals surface area contributed by atoms with Crippen molar-refractivity contribution in [1.29, 1.82) is 0 Å². The Hall–Kier alpha value is -4.00. The smallest absolute Gasteiger partial charge is 0.313 e. The van der Waals surface area contributed by atoms with Crippen molar-refractivity contribution in [3.8, 4) is 0 Å². The van der Waals surface area contributed by atoms with Gasteiger partial charge in [-0.3, -0.25) is 19.7 Å². The van der Waals surface area contributed by atoms with Crippen LogP contribution in [0.2, 0.25) is 0 Å². The number of hydrogen-bond donors (Lipinski definition) is 1. The predicted molar refractivity (Wildman–Crippen MR) is 109 cm³/mol. The van der Waals surface area contributed by atoms with E-state index in [9.17, 15) is 24.8 Å². The van der Waals surface area contributed by atoms with E-state index in [4.69, 9.17) is 0 Å². The monoisotopic (exact) mass is 402 g/mol. The lowest BCUT2D eigenvalue weighted by Gasteiger charge is -2.40. The fourth-order valence-corrected chi connectivity index (χ4v) is 4.01. The summed E-state index contributed by atoms with van der Waals surface area (Å²) >= 11 is 0. The van der Waals surface area contributed by atoms with Gasteiger partial charge in [-0.1, -0.05) is 60.7 Å². The van der Waals surface area contributed by atoms with Gasteiger partial charge < -0.3 is 10.0 Å². The van der Waals surface area contributed by atoms with Crippen LogP contribution in [0.25, 0.3) is 0 Å². The SMILES string of the molecule is O=C(O)[C@@H]1c2ccccc2C(=O)N(Cc2ccccc2)[C@@H]1c1cccc([N+](=O)[O-])c1. The Morgan fingerprint density at radius 3 is 2.40 bits per heavy atom. The Labute approximate surface area is 172 Å². The number of rotatable bonds is 5. The minimum atomic E-state index is -1.09. The lowest BCUT2D eigenvalue weighted by atomic mass is 9.79. The van der Waals surface area contributed by atoms with Crippen LogP contribution in [0, 0.1) is 10.1 Å². The standard InChI is InChI=1S/C23H18N2O5/c26-22-19-12-5-4-11-18(19)20(23(27)28)21(16-9-6-10-17(13-16)25(29)30)24(22)14-15-7-2-1-3-8-15/h1-13,20-21H,14H2,(H,27,28)/t20-,21-/m1/s1. The summed E-state index contributed by atoms with van der Waals surface area (Å²) in [6, 6.07) is 20.9. The maximum atomic E-state index is 13.4. The molecule has 0 radical (unpaired) electrons. The highest BCUT2D eigenvalue weighted by atomic mass is 16.6. The van der Waals surface area contributed by atoms with Crippen LogP contribution in [0.15, 0.2) is 78.9 Å². The lowest BCUT2D eigenvalue weighted by Crippen LogP contribution is -2.44. The number of non-ortho nitro benzene ring substituents is 1. The number of carbonyl (C=O) groups is 2. The molecule has 7 heteroatoms. The molecule has 1 aliphatic rings. The predicted octanol–water partition coefficient (Wildman–Crippen LogP) is 4.16. The normalized spacial score (nSPS) is 18.0. The fraction of sp³-hybridized carbons (Fsp3) is 0.130. The summed E-state index contributed by atoms with van der Waals surface area (Å²) < 4.78 is 0. The summed E-state index contributed by atoms with van der Waals surface area (Å²) in [6.45, 7) is 0.186. The highest BCUT2D eigenvalue weighted by Crippen LogP contribution is 2.44. The third kappa shape index (κ3) is 3.41. The molecule has 0 fully saturated rings. The summed E-state index contributed by atoms with van der Waals surface area (Å²) in [4.78, 5) is 38.0. The number of nitro benzene ring substituents is 1. The molecule has 0 bridgehead atoms. The van der Waals surface area contributed by atoms with E-state index < -0.39 is 22.9 Å². The van der Waals surface area contributed by atoms with Crippen LogP contribution >= 0.6 is 0 Å². The summed E-state index contributed by atoms with van der Waals surface area (Å²) in [5, 5.41) is 21.4. The van der Waals surface area contributed by atoms with E-state index in [0.29, 0.717) is 16.7 Å². The van der Waals surface area contributed by atoms with Gasteiger partial charge in [-0.15, -0.1) is 0 Å². The van der Waals surface area contributed by atoms with Crippen molar-refractivity contribution in [1.82, 2.24) is 4.90 Å². The molecule has 7 nitrogen and oxygen atoms in total. The van der Waals surface area contributed by atoms with Gasteiger partial charge in [-0.25, -0.2) is 0 Å². The van der Waals surface area contributed by atoms with E-state index >= 15 is 0 Å². The first-order valence-electron chi connectivity index (χ1n) is 9.38. The van der Waals surface area contributed by atoms with Crippen molar-refractivity contribution in [3.63, 3.8) is 0 Å². The number of carboxylic acid groups (broad SMARTS) is 1. The first kappa shape index (κ1) is 19.3. The van der Waals surface area contributed by atoms with Crippen molar-refractivity contribution in [2.24, 2.45) is 0 Å². The van der Waals surface area contributed by atoms with E-state index in [-0.39, 0.29) is 18.1 Å². The van der Waals surface area contributed by atoms with Crippen molar-refractivity contribution < 1.29 is 19.6 Å². The Bertz CT molecular complexity index is 1130. The van der Waals surface area contributed by atoms with Crippen LogP contribution in [0.5, 0.6) is 0 Å². The average Bonchev–Trinajstić information content (AvgIpc) is 2.76. The van der Waals surface area contributed by atoms with E-state index in [1.807, 2.05) is 30.3 Å². The van der Waals surface area contributed by atoms with E-state index in [1.165, 1.54) is 23.1 Å². The van der Waals surface area contributed by atoms with Crippen LogP contribution in [0.1, 0.15) is 39.0 Å². The van der Waals surface area contributed by atoms with Gasteiger partial charge in [0.2, 0.25) is 0 Å². The Morgan fingerprint density at radius 1 is 1.00 bits per heavy atom. The zero-order valence-electron chi connectivity index (χ0n) is 15.8. The molecule has 0 aliphatic carbocycles. The van der Waals surface area contributed by atoms with Gasteiger partial charge >= 0.3 is 5.97 Å². The number of aliphatic carboxylic acids is 1. The molecule has 0 saturated heterocycles. The van der Waals surface area contributed by atoms with Gasteiger partial charge in [0.25, 0.3) is 11.6 Å². The number of nitro groups is 1. The summed E-state index contributed by atoms with van der Waals surface area (Å²) in [5.41, 5.74) is 1.85. The molecule has 1 heterocycles. The topological polar surface area (TPSA) is 101 Å². The van der Waals surface area contributed by atoms with Gasteiger partial charge in [0.15, 0.2) is 0 Å². The number of fused-ring (bicyclic) bond motifs is 1. The van der Waals surface area contributed by atoms with Crippen LogP contribution in [0.3, 0.4) is 0 Å². The molecule has 3 aromatic rings. The number of nitrogens with zero attached hydrogens (tertiary/aromatic N) is 2.